The van der Waals surface area contributed by atoms with Gasteiger partial charge in [-0.25, -0.2) is 8.42 Å². The predicted molar refractivity (Wildman–Crippen MR) is 126 cm³/mol. The first-order valence-corrected chi connectivity index (χ1v) is 13.5. The van der Waals surface area contributed by atoms with E-state index in [-0.39, 0.29) is 25.2 Å². The predicted octanol–water partition coefficient (Wildman–Crippen LogP) is 2.18. The maximum Gasteiger partial charge on any atom is 0.248 e. The topological polar surface area (TPSA) is 79.4 Å². The number of benzene rings is 1. The van der Waals surface area contributed by atoms with Gasteiger partial charge < -0.3 is 14.4 Å². The Hall–Kier alpha value is -1.68. The lowest BCUT2D eigenvalue weighted by Gasteiger charge is -2.42. The summed E-state index contributed by atoms with van der Waals surface area (Å²) in [6, 6.07) is 3.97. The molecule has 1 saturated carbocycles. The van der Waals surface area contributed by atoms with E-state index in [2.05, 4.69) is 4.90 Å². The number of piperazine rings is 1. The van der Waals surface area contributed by atoms with Gasteiger partial charge in [-0.3, -0.25) is 9.69 Å². The monoisotopic (exact) mass is 479 g/mol. The highest BCUT2D eigenvalue weighted by molar-refractivity contribution is 7.89. The third-order valence-corrected chi connectivity index (χ3v) is 9.61. The second kappa shape index (κ2) is 10.3. The molecule has 9 heteroatoms. The van der Waals surface area contributed by atoms with Gasteiger partial charge in [0.15, 0.2) is 0 Å². The van der Waals surface area contributed by atoms with Gasteiger partial charge in [-0.15, -0.1) is 0 Å². The number of hydrogen-bond acceptors (Lipinski definition) is 6. The molecule has 3 fully saturated rings. The van der Waals surface area contributed by atoms with E-state index in [1.54, 1.807) is 37.4 Å². The molecule has 2 heterocycles. The van der Waals surface area contributed by atoms with E-state index in [0.29, 0.717) is 34.4 Å². The minimum atomic E-state index is -3.66. The summed E-state index contributed by atoms with van der Waals surface area (Å²) in [6.45, 7) is 7.68. The summed E-state index contributed by atoms with van der Waals surface area (Å²) in [4.78, 5) is 17.3. The second-order valence-electron chi connectivity index (χ2n) is 9.52. The van der Waals surface area contributed by atoms with Crippen molar-refractivity contribution >= 4 is 15.9 Å². The van der Waals surface area contributed by atoms with Crippen molar-refractivity contribution in [3.63, 3.8) is 0 Å². The number of sulfonamides is 1. The SMILES string of the molecule is COc1cc(C)c(S(=O)(=O)N2CCC[C@H]2COCC(=O)N2CCN(C3CCC3)CC2)c(C)c1. The van der Waals surface area contributed by atoms with E-state index in [1.807, 2.05) is 4.90 Å². The molecule has 1 aromatic carbocycles. The molecule has 0 bridgehead atoms. The molecule has 0 unspecified atom stereocenters. The summed E-state index contributed by atoms with van der Waals surface area (Å²) in [5.74, 6) is 0.648. The number of carbonyl (C=O) groups is 1. The Bertz CT molecular complexity index is 932. The maximum absolute atomic E-state index is 13.5. The lowest BCUT2D eigenvalue weighted by molar-refractivity contribution is -0.138. The van der Waals surface area contributed by atoms with Crippen molar-refractivity contribution in [2.24, 2.45) is 0 Å². The van der Waals surface area contributed by atoms with Crippen LogP contribution in [0.5, 0.6) is 5.75 Å². The molecule has 2 saturated heterocycles. The first-order chi connectivity index (χ1) is 15.8. The highest BCUT2D eigenvalue weighted by atomic mass is 32.2. The number of nitrogens with zero attached hydrogens (tertiary/aromatic N) is 3. The van der Waals surface area contributed by atoms with Crippen LogP contribution in [0.4, 0.5) is 0 Å². The maximum atomic E-state index is 13.5. The van der Waals surface area contributed by atoms with Crippen LogP contribution in [0.15, 0.2) is 17.0 Å². The van der Waals surface area contributed by atoms with Crippen molar-refractivity contribution in [2.45, 2.75) is 62.9 Å². The molecule has 0 spiro atoms. The number of rotatable bonds is 8. The van der Waals surface area contributed by atoms with E-state index >= 15 is 0 Å². The zero-order valence-corrected chi connectivity index (χ0v) is 20.9. The minimum Gasteiger partial charge on any atom is -0.497 e. The van der Waals surface area contributed by atoms with Crippen LogP contribution in [0.25, 0.3) is 0 Å². The largest absolute Gasteiger partial charge is 0.497 e. The third kappa shape index (κ3) is 5.21. The summed E-state index contributed by atoms with van der Waals surface area (Å²) in [6.07, 6.45) is 5.42. The fourth-order valence-corrected chi connectivity index (χ4v) is 7.40. The van der Waals surface area contributed by atoms with E-state index in [9.17, 15) is 13.2 Å². The van der Waals surface area contributed by atoms with Gasteiger partial charge in [-0.2, -0.15) is 4.31 Å². The van der Waals surface area contributed by atoms with Gasteiger partial charge in [-0.1, -0.05) is 6.42 Å². The van der Waals surface area contributed by atoms with Crippen molar-refractivity contribution in [1.29, 1.82) is 0 Å². The van der Waals surface area contributed by atoms with Crippen LogP contribution in [0.2, 0.25) is 0 Å². The lowest BCUT2D eigenvalue weighted by Crippen LogP contribution is -2.54. The second-order valence-corrected chi connectivity index (χ2v) is 11.3. The van der Waals surface area contributed by atoms with E-state index in [4.69, 9.17) is 9.47 Å². The fourth-order valence-electron chi connectivity index (χ4n) is 5.31. The smallest absolute Gasteiger partial charge is 0.248 e. The van der Waals surface area contributed by atoms with E-state index in [1.165, 1.54) is 19.3 Å². The van der Waals surface area contributed by atoms with Crippen molar-refractivity contribution < 1.29 is 22.7 Å². The zero-order valence-electron chi connectivity index (χ0n) is 20.1. The van der Waals surface area contributed by atoms with Gasteiger partial charge in [0.2, 0.25) is 15.9 Å². The van der Waals surface area contributed by atoms with Crippen molar-refractivity contribution in [3.8, 4) is 5.75 Å². The quantitative estimate of drug-likeness (QED) is 0.569. The Morgan fingerprint density at radius 3 is 2.24 bits per heavy atom. The molecular formula is C24H37N3O5S. The van der Waals surface area contributed by atoms with Crippen molar-refractivity contribution in [1.82, 2.24) is 14.1 Å². The Morgan fingerprint density at radius 1 is 1.00 bits per heavy atom. The van der Waals surface area contributed by atoms with Crippen molar-refractivity contribution in [2.75, 3.05) is 53.0 Å². The number of methoxy groups -OCH3 is 1. The molecule has 1 amide bonds. The molecule has 8 nitrogen and oxygen atoms in total. The van der Waals surface area contributed by atoms with Gasteiger partial charge in [0.1, 0.15) is 12.4 Å². The van der Waals surface area contributed by atoms with Crippen LogP contribution >= 0.6 is 0 Å². The molecule has 184 valence electrons. The van der Waals surface area contributed by atoms with E-state index < -0.39 is 10.0 Å². The highest BCUT2D eigenvalue weighted by Crippen LogP contribution is 2.32. The number of hydrogen-bond donors (Lipinski definition) is 0. The van der Waals surface area contributed by atoms with E-state index in [0.717, 1.165) is 39.0 Å². The molecule has 0 aromatic heterocycles. The molecule has 33 heavy (non-hydrogen) atoms. The number of amides is 1. The number of ether oxygens (including phenoxy) is 2. The summed E-state index contributed by atoms with van der Waals surface area (Å²) in [7, 11) is -2.08. The normalized spacial score (nSPS) is 23.0. The first kappa shape index (κ1) is 24.4. The van der Waals surface area contributed by atoms with Crippen LogP contribution < -0.4 is 4.74 Å². The molecule has 1 atom stereocenters. The van der Waals surface area contributed by atoms with Gasteiger partial charge in [-0.05, 0) is 62.8 Å². The summed E-state index contributed by atoms with van der Waals surface area (Å²) in [5, 5.41) is 0. The van der Waals surface area contributed by atoms with Gasteiger partial charge >= 0.3 is 0 Å². The average Bonchev–Trinajstić information content (AvgIpc) is 3.21. The summed E-state index contributed by atoms with van der Waals surface area (Å²) < 4.78 is 39.6. The molecule has 0 N–H and O–H groups in total. The van der Waals surface area contributed by atoms with Crippen LogP contribution in [-0.4, -0.2) is 93.6 Å². The third-order valence-electron chi connectivity index (χ3n) is 7.35. The highest BCUT2D eigenvalue weighted by Gasteiger charge is 2.37. The Morgan fingerprint density at radius 2 is 1.67 bits per heavy atom. The fraction of sp³-hybridized carbons (Fsp3) is 0.708. The Kier molecular flexibility index (Phi) is 7.63. The molecule has 3 aliphatic rings. The molecule has 4 rings (SSSR count). The van der Waals surface area contributed by atoms with Crippen molar-refractivity contribution in [3.05, 3.63) is 23.3 Å². The Balaban J connectivity index is 1.31. The van der Waals surface area contributed by atoms with Crippen LogP contribution in [-0.2, 0) is 19.6 Å². The molecule has 2 aliphatic heterocycles. The number of aryl methyl sites for hydroxylation is 2. The zero-order chi connectivity index (χ0) is 23.6. The molecule has 1 aromatic rings. The Labute approximate surface area is 197 Å². The molecular weight excluding hydrogens is 442 g/mol. The number of carbonyl (C=O) groups excluding carboxylic acids is 1. The lowest BCUT2D eigenvalue weighted by atomic mass is 9.91. The van der Waals surface area contributed by atoms with Crippen LogP contribution in [0.1, 0.15) is 43.2 Å². The molecule has 0 radical (unpaired) electrons. The van der Waals surface area contributed by atoms with Gasteiger partial charge in [0.05, 0.1) is 18.6 Å². The molecule has 1 aliphatic carbocycles. The minimum absolute atomic E-state index is 0.00231. The first-order valence-electron chi connectivity index (χ1n) is 12.1. The van der Waals surface area contributed by atoms with Gasteiger partial charge in [0, 0.05) is 44.8 Å². The van der Waals surface area contributed by atoms with Crippen LogP contribution in [0.3, 0.4) is 0 Å². The standard InChI is InChI=1S/C24H37N3O5S/c1-18-14-22(31-3)15-19(2)24(18)33(29,30)27-9-5-8-21(27)16-32-17-23(28)26-12-10-25(11-13-26)20-6-4-7-20/h14-15,20-21H,4-13,16-17H2,1-3H3/t21-/m0/s1. The summed E-state index contributed by atoms with van der Waals surface area (Å²) in [5.41, 5.74) is 1.35. The van der Waals surface area contributed by atoms with Crippen LogP contribution in [0, 0.1) is 13.8 Å². The summed E-state index contributed by atoms with van der Waals surface area (Å²) >= 11 is 0. The average molecular weight is 480 g/mol. The van der Waals surface area contributed by atoms with Gasteiger partial charge in [0.25, 0.3) is 0 Å².